The van der Waals surface area contributed by atoms with Gasteiger partial charge in [0.1, 0.15) is 0 Å². The highest BCUT2D eigenvalue weighted by atomic mass is 16.3. The van der Waals surface area contributed by atoms with Crippen molar-refractivity contribution >= 4 is 0 Å². The number of hydrogen-bond acceptors (Lipinski definition) is 3. The topological polar surface area (TPSA) is 66.0 Å². The van der Waals surface area contributed by atoms with Gasteiger partial charge in [-0.3, -0.25) is 9.78 Å². The van der Waals surface area contributed by atoms with Gasteiger partial charge in [0.25, 0.3) is 5.56 Å². The van der Waals surface area contributed by atoms with Crippen molar-refractivity contribution in [3.8, 4) is 11.1 Å². The maximum absolute atomic E-state index is 11.2. The highest BCUT2D eigenvalue weighted by Crippen LogP contribution is 2.16. The third kappa shape index (κ3) is 1.94. The summed E-state index contributed by atoms with van der Waals surface area (Å²) in [6, 6.07) is 5.37. The monoisotopic (exact) mass is 202 g/mol. The number of pyridine rings is 2. The van der Waals surface area contributed by atoms with Crippen LogP contribution >= 0.6 is 0 Å². The van der Waals surface area contributed by atoms with Crippen LogP contribution in [0.25, 0.3) is 11.1 Å². The molecule has 0 fully saturated rings. The summed E-state index contributed by atoms with van der Waals surface area (Å²) in [4.78, 5) is 17.8. The van der Waals surface area contributed by atoms with Crippen molar-refractivity contribution < 1.29 is 5.11 Å². The van der Waals surface area contributed by atoms with Crippen molar-refractivity contribution in [3.05, 3.63) is 52.7 Å². The maximum atomic E-state index is 11.2. The first-order valence-electron chi connectivity index (χ1n) is 4.54. The molecule has 0 aliphatic carbocycles. The van der Waals surface area contributed by atoms with Crippen LogP contribution in [0.2, 0.25) is 0 Å². The zero-order valence-electron chi connectivity index (χ0n) is 7.97. The molecule has 4 heteroatoms. The Balaban J connectivity index is 2.51. The molecule has 0 bridgehead atoms. The quantitative estimate of drug-likeness (QED) is 0.761. The SMILES string of the molecule is O=c1[nH]cc(-c2cccnc2)cc1CO. The van der Waals surface area contributed by atoms with Gasteiger partial charge >= 0.3 is 0 Å². The molecule has 0 aromatic carbocycles. The molecule has 2 aromatic rings. The van der Waals surface area contributed by atoms with Gasteiger partial charge in [-0.1, -0.05) is 6.07 Å². The number of aliphatic hydroxyl groups is 1. The van der Waals surface area contributed by atoms with E-state index in [1.54, 1.807) is 24.7 Å². The highest BCUT2D eigenvalue weighted by molar-refractivity contribution is 5.61. The Hall–Kier alpha value is -1.94. The second-order valence-electron chi connectivity index (χ2n) is 3.14. The fraction of sp³-hybridized carbons (Fsp3) is 0.0909. The minimum Gasteiger partial charge on any atom is -0.391 e. The van der Waals surface area contributed by atoms with Crippen LogP contribution in [-0.4, -0.2) is 15.1 Å². The number of nitrogens with zero attached hydrogens (tertiary/aromatic N) is 1. The molecular formula is C11H10N2O2. The van der Waals surface area contributed by atoms with Crippen LogP contribution in [0.3, 0.4) is 0 Å². The van der Waals surface area contributed by atoms with Gasteiger partial charge < -0.3 is 10.1 Å². The lowest BCUT2D eigenvalue weighted by molar-refractivity contribution is 0.280. The van der Waals surface area contributed by atoms with Crippen LogP contribution in [0.1, 0.15) is 5.56 Å². The van der Waals surface area contributed by atoms with Gasteiger partial charge in [0.15, 0.2) is 0 Å². The van der Waals surface area contributed by atoms with Crippen LogP contribution in [0.15, 0.2) is 41.6 Å². The first-order chi connectivity index (χ1) is 7.31. The summed E-state index contributed by atoms with van der Waals surface area (Å²) in [7, 11) is 0. The summed E-state index contributed by atoms with van der Waals surface area (Å²) >= 11 is 0. The molecule has 2 heterocycles. The number of rotatable bonds is 2. The van der Waals surface area contributed by atoms with E-state index in [9.17, 15) is 4.79 Å². The average Bonchev–Trinajstić information content (AvgIpc) is 2.31. The lowest BCUT2D eigenvalue weighted by Crippen LogP contribution is -2.11. The fourth-order valence-electron chi connectivity index (χ4n) is 1.35. The molecule has 0 atom stereocenters. The van der Waals surface area contributed by atoms with Crippen LogP contribution < -0.4 is 5.56 Å². The predicted octanol–water partition coefficient (Wildman–Crippen LogP) is 0.929. The molecular weight excluding hydrogens is 192 g/mol. The number of H-pyrrole nitrogens is 1. The summed E-state index contributed by atoms with van der Waals surface area (Å²) in [5.41, 5.74) is 1.84. The van der Waals surface area contributed by atoms with Crippen LogP contribution in [0.5, 0.6) is 0 Å². The van der Waals surface area contributed by atoms with Gasteiger partial charge in [-0.25, -0.2) is 0 Å². The van der Waals surface area contributed by atoms with E-state index in [4.69, 9.17) is 5.11 Å². The molecule has 76 valence electrons. The average molecular weight is 202 g/mol. The second kappa shape index (κ2) is 4.06. The molecule has 4 nitrogen and oxygen atoms in total. The molecule has 0 saturated carbocycles. The van der Waals surface area contributed by atoms with E-state index < -0.39 is 0 Å². The van der Waals surface area contributed by atoms with Crippen molar-refractivity contribution in [2.45, 2.75) is 6.61 Å². The molecule has 0 aliphatic rings. The molecule has 15 heavy (non-hydrogen) atoms. The Morgan fingerprint density at radius 2 is 2.27 bits per heavy atom. The van der Waals surface area contributed by atoms with E-state index in [2.05, 4.69) is 9.97 Å². The third-order valence-electron chi connectivity index (χ3n) is 2.15. The van der Waals surface area contributed by atoms with E-state index in [1.165, 1.54) is 0 Å². The van der Waals surface area contributed by atoms with Crippen molar-refractivity contribution in [2.24, 2.45) is 0 Å². The third-order valence-corrected chi connectivity index (χ3v) is 2.15. The van der Waals surface area contributed by atoms with Crippen molar-refractivity contribution in [1.29, 1.82) is 0 Å². The zero-order valence-corrected chi connectivity index (χ0v) is 7.97. The smallest absolute Gasteiger partial charge is 0.253 e. The summed E-state index contributed by atoms with van der Waals surface area (Å²) in [6.07, 6.45) is 5.00. The van der Waals surface area contributed by atoms with Gasteiger partial charge in [0, 0.05) is 29.7 Å². The van der Waals surface area contributed by atoms with E-state index in [-0.39, 0.29) is 12.2 Å². The zero-order chi connectivity index (χ0) is 10.7. The largest absolute Gasteiger partial charge is 0.391 e. The second-order valence-corrected chi connectivity index (χ2v) is 3.14. The maximum Gasteiger partial charge on any atom is 0.253 e. The minimum absolute atomic E-state index is 0.259. The molecule has 2 N–H and O–H groups in total. The van der Waals surface area contributed by atoms with Gasteiger partial charge in [0.05, 0.1) is 6.61 Å². The minimum atomic E-state index is -0.260. The first kappa shape index (κ1) is 9.61. The number of hydrogen-bond donors (Lipinski definition) is 2. The fourth-order valence-corrected chi connectivity index (χ4v) is 1.35. The molecule has 0 aliphatic heterocycles. The number of aliphatic hydroxyl groups excluding tert-OH is 1. The predicted molar refractivity (Wildman–Crippen MR) is 56.2 cm³/mol. The highest BCUT2D eigenvalue weighted by Gasteiger charge is 2.02. The van der Waals surface area contributed by atoms with E-state index in [1.807, 2.05) is 12.1 Å². The van der Waals surface area contributed by atoms with Crippen LogP contribution in [0, 0.1) is 0 Å². The summed E-state index contributed by atoms with van der Waals surface area (Å²) in [5.74, 6) is 0. The Labute approximate surface area is 86.2 Å². The van der Waals surface area contributed by atoms with Crippen LogP contribution in [0.4, 0.5) is 0 Å². The molecule has 0 amide bonds. The number of aromatic amines is 1. The normalized spacial score (nSPS) is 10.2. The lowest BCUT2D eigenvalue weighted by atomic mass is 10.1. The Kier molecular flexibility index (Phi) is 2.60. The molecule has 2 rings (SSSR count). The van der Waals surface area contributed by atoms with Gasteiger partial charge in [-0.05, 0) is 17.7 Å². The number of aromatic nitrogens is 2. The van der Waals surface area contributed by atoms with Crippen molar-refractivity contribution in [2.75, 3.05) is 0 Å². The Morgan fingerprint density at radius 1 is 1.40 bits per heavy atom. The molecule has 0 saturated heterocycles. The van der Waals surface area contributed by atoms with Gasteiger partial charge in [-0.2, -0.15) is 0 Å². The van der Waals surface area contributed by atoms with Gasteiger partial charge in [-0.15, -0.1) is 0 Å². The summed E-state index contributed by atoms with van der Waals surface area (Å²) in [6.45, 7) is -0.260. The standard InChI is InChI=1S/C11H10N2O2/c14-7-10-4-9(6-13-11(10)15)8-2-1-3-12-5-8/h1-6,14H,7H2,(H,13,15). The van der Waals surface area contributed by atoms with Crippen LogP contribution in [-0.2, 0) is 6.61 Å². The van der Waals surface area contributed by atoms with E-state index >= 15 is 0 Å². The molecule has 0 unspecified atom stereocenters. The van der Waals surface area contributed by atoms with E-state index in [0.29, 0.717) is 5.56 Å². The van der Waals surface area contributed by atoms with E-state index in [0.717, 1.165) is 11.1 Å². The van der Waals surface area contributed by atoms with Crippen molar-refractivity contribution in [1.82, 2.24) is 9.97 Å². The molecule has 0 spiro atoms. The Bertz CT molecular complexity index is 505. The van der Waals surface area contributed by atoms with Crippen molar-refractivity contribution in [3.63, 3.8) is 0 Å². The first-order valence-corrected chi connectivity index (χ1v) is 4.54. The summed E-state index contributed by atoms with van der Waals surface area (Å²) < 4.78 is 0. The van der Waals surface area contributed by atoms with Gasteiger partial charge in [0.2, 0.25) is 0 Å². The lowest BCUT2D eigenvalue weighted by Gasteiger charge is -2.01. The summed E-state index contributed by atoms with van der Waals surface area (Å²) in [5, 5.41) is 8.95. The Morgan fingerprint density at radius 3 is 2.93 bits per heavy atom. The number of nitrogens with one attached hydrogen (secondary N) is 1. The molecule has 0 radical (unpaired) electrons. The molecule has 2 aromatic heterocycles.